The van der Waals surface area contributed by atoms with Gasteiger partial charge in [0.05, 0.1) is 12.2 Å². The largest absolute Gasteiger partial charge is 0.479 e. The molecule has 2 heterocycles. The fraction of sp³-hybridized carbons (Fsp3) is 0.250. The molecule has 0 aromatic rings. The summed E-state index contributed by atoms with van der Waals surface area (Å²) in [6, 6.07) is -0.603. The molecule has 2 rings (SSSR count). The Bertz CT molecular complexity index is 315. The molecule has 2 N–H and O–H groups in total. The van der Waals surface area contributed by atoms with E-state index in [0.717, 1.165) is 11.3 Å². The molecule has 0 fully saturated rings. The van der Waals surface area contributed by atoms with Crippen molar-refractivity contribution in [1.82, 2.24) is 5.32 Å². The van der Waals surface area contributed by atoms with Crippen molar-refractivity contribution in [2.75, 3.05) is 6.54 Å². The van der Waals surface area contributed by atoms with E-state index in [0.29, 0.717) is 6.54 Å². The van der Waals surface area contributed by atoms with Gasteiger partial charge >= 0.3 is 5.97 Å². The highest BCUT2D eigenvalue weighted by atomic mass is 16.4. The summed E-state index contributed by atoms with van der Waals surface area (Å²) < 4.78 is 0. The predicted octanol–water partition coefficient (Wildman–Crippen LogP) is -0.0625. The summed E-state index contributed by atoms with van der Waals surface area (Å²) >= 11 is 0. The Morgan fingerprint density at radius 3 is 3.33 bits per heavy atom. The third kappa shape index (κ3) is 1.01. The molecule has 1 unspecified atom stereocenters. The SMILES string of the molecule is O=C(O)C1C=CC2=C(C=NC2)N1. The third-order valence-corrected chi connectivity index (χ3v) is 1.89. The monoisotopic (exact) mass is 164 g/mol. The number of carbonyl (C=O) groups is 1. The fourth-order valence-corrected chi connectivity index (χ4v) is 1.25. The summed E-state index contributed by atoms with van der Waals surface area (Å²) in [6.45, 7) is 0.658. The van der Waals surface area contributed by atoms with Crippen molar-refractivity contribution in [2.45, 2.75) is 6.04 Å². The van der Waals surface area contributed by atoms with Crippen LogP contribution in [0.4, 0.5) is 0 Å². The number of nitrogens with one attached hydrogen (secondary N) is 1. The lowest BCUT2D eigenvalue weighted by Gasteiger charge is -2.16. The Balaban J connectivity index is 2.20. The number of allylic oxidation sites excluding steroid dienone is 1. The van der Waals surface area contributed by atoms with Gasteiger partial charge in [-0.2, -0.15) is 0 Å². The molecule has 0 aromatic heterocycles. The van der Waals surface area contributed by atoms with Crippen LogP contribution in [0.1, 0.15) is 0 Å². The Morgan fingerprint density at radius 1 is 1.75 bits per heavy atom. The number of rotatable bonds is 1. The Morgan fingerprint density at radius 2 is 2.58 bits per heavy atom. The van der Waals surface area contributed by atoms with Crippen molar-refractivity contribution in [1.29, 1.82) is 0 Å². The van der Waals surface area contributed by atoms with Crippen molar-refractivity contribution in [3.63, 3.8) is 0 Å². The third-order valence-electron chi connectivity index (χ3n) is 1.89. The minimum absolute atomic E-state index is 0.603. The maximum absolute atomic E-state index is 10.6. The molecule has 0 bridgehead atoms. The molecule has 12 heavy (non-hydrogen) atoms. The first kappa shape index (κ1) is 7.09. The van der Waals surface area contributed by atoms with Crippen molar-refractivity contribution < 1.29 is 9.90 Å². The van der Waals surface area contributed by atoms with E-state index in [-0.39, 0.29) is 0 Å². The zero-order valence-electron chi connectivity index (χ0n) is 6.32. The van der Waals surface area contributed by atoms with Gasteiger partial charge in [-0.25, -0.2) is 4.79 Å². The second kappa shape index (κ2) is 2.48. The first-order valence-corrected chi connectivity index (χ1v) is 3.68. The van der Waals surface area contributed by atoms with Gasteiger partial charge in [0, 0.05) is 6.21 Å². The molecule has 0 amide bonds. The summed E-state index contributed by atoms with van der Waals surface area (Å²) in [7, 11) is 0. The molecule has 0 saturated carbocycles. The van der Waals surface area contributed by atoms with E-state index in [1.807, 2.05) is 6.08 Å². The zero-order chi connectivity index (χ0) is 8.55. The molecular weight excluding hydrogens is 156 g/mol. The summed E-state index contributed by atoms with van der Waals surface area (Å²) in [4.78, 5) is 14.6. The van der Waals surface area contributed by atoms with Gasteiger partial charge in [-0.1, -0.05) is 12.2 Å². The highest BCUT2D eigenvalue weighted by Gasteiger charge is 2.21. The molecule has 0 radical (unpaired) electrons. The smallest absolute Gasteiger partial charge is 0.330 e. The lowest BCUT2D eigenvalue weighted by Crippen LogP contribution is -2.36. The van der Waals surface area contributed by atoms with Gasteiger partial charge < -0.3 is 10.4 Å². The van der Waals surface area contributed by atoms with Gasteiger partial charge in [0.2, 0.25) is 0 Å². The Labute approximate surface area is 69.3 Å². The number of hydrogen-bond donors (Lipinski definition) is 2. The van der Waals surface area contributed by atoms with Gasteiger partial charge in [0.25, 0.3) is 0 Å². The van der Waals surface area contributed by atoms with Crippen LogP contribution < -0.4 is 5.32 Å². The van der Waals surface area contributed by atoms with Crippen LogP contribution in [0.25, 0.3) is 0 Å². The van der Waals surface area contributed by atoms with Crippen LogP contribution in [0.15, 0.2) is 28.4 Å². The molecule has 2 aliphatic heterocycles. The number of carboxylic acids is 1. The molecule has 0 aliphatic carbocycles. The van der Waals surface area contributed by atoms with Crippen LogP contribution in [0.2, 0.25) is 0 Å². The highest BCUT2D eigenvalue weighted by molar-refractivity contribution is 5.87. The first-order chi connectivity index (χ1) is 5.77. The highest BCUT2D eigenvalue weighted by Crippen LogP contribution is 2.14. The number of hydrogen-bond acceptors (Lipinski definition) is 3. The standard InChI is InChI=1S/C8H8N2O2/c11-8(12)6-2-1-5-3-9-4-7(5)10-6/h1-2,4,6,10H,3H2,(H,11,12). The molecule has 4 heteroatoms. The summed E-state index contributed by atoms with van der Waals surface area (Å²) in [5.41, 5.74) is 1.90. The Hall–Kier alpha value is -1.58. The average Bonchev–Trinajstić information content (AvgIpc) is 2.49. The Kier molecular flexibility index (Phi) is 1.46. The number of aliphatic carboxylic acids is 1. The second-order valence-electron chi connectivity index (χ2n) is 2.73. The van der Waals surface area contributed by atoms with Gasteiger partial charge in [-0.3, -0.25) is 4.99 Å². The van der Waals surface area contributed by atoms with Gasteiger partial charge in [-0.05, 0) is 5.57 Å². The van der Waals surface area contributed by atoms with Crippen molar-refractivity contribution in [3.8, 4) is 0 Å². The lowest BCUT2D eigenvalue weighted by molar-refractivity contribution is -0.137. The van der Waals surface area contributed by atoms with E-state index in [2.05, 4.69) is 10.3 Å². The summed E-state index contributed by atoms with van der Waals surface area (Å²) in [6.07, 6.45) is 5.13. The maximum atomic E-state index is 10.6. The minimum Gasteiger partial charge on any atom is -0.479 e. The van der Waals surface area contributed by atoms with Crippen molar-refractivity contribution in [3.05, 3.63) is 23.4 Å². The summed E-state index contributed by atoms with van der Waals surface area (Å²) in [5.74, 6) is -0.863. The molecule has 1 atom stereocenters. The first-order valence-electron chi connectivity index (χ1n) is 3.68. The normalized spacial score (nSPS) is 25.5. The molecular formula is C8H8N2O2. The van der Waals surface area contributed by atoms with E-state index in [1.165, 1.54) is 0 Å². The second-order valence-corrected chi connectivity index (χ2v) is 2.73. The number of aliphatic imine (C=N–C) groups is 1. The van der Waals surface area contributed by atoms with Crippen LogP contribution in [0.3, 0.4) is 0 Å². The van der Waals surface area contributed by atoms with Crippen molar-refractivity contribution >= 4 is 12.2 Å². The van der Waals surface area contributed by atoms with Gasteiger partial charge in [0.1, 0.15) is 6.04 Å². The predicted molar refractivity (Wildman–Crippen MR) is 44.1 cm³/mol. The maximum Gasteiger partial charge on any atom is 0.330 e. The van der Waals surface area contributed by atoms with E-state index >= 15 is 0 Å². The minimum atomic E-state index is -0.863. The van der Waals surface area contributed by atoms with E-state index in [1.54, 1.807) is 12.3 Å². The lowest BCUT2D eigenvalue weighted by atomic mass is 10.1. The number of carboxylic acid groups (broad SMARTS) is 1. The van der Waals surface area contributed by atoms with Crippen LogP contribution in [0, 0.1) is 0 Å². The van der Waals surface area contributed by atoms with Crippen LogP contribution in [-0.2, 0) is 4.79 Å². The molecule has 62 valence electrons. The van der Waals surface area contributed by atoms with Crippen LogP contribution in [-0.4, -0.2) is 29.9 Å². The van der Waals surface area contributed by atoms with E-state index in [4.69, 9.17) is 5.11 Å². The number of dihydropyridines is 1. The molecule has 0 aromatic carbocycles. The van der Waals surface area contributed by atoms with Gasteiger partial charge in [0.15, 0.2) is 0 Å². The van der Waals surface area contributed by atoms with Crippen LogP contribution >= 0.6 is 0 Å². The molecule has 2 aliphatic rings. The quantitative estimate of drug-likeness (QED) is 0.570. The number of nitrogens with zero attached hydrogens (tertiary/aromatic N) is 1. The fourth-order valence-electron chi connectivity index (χ4n) is 1.25. The van der Waals surface area contributed by atoms with E-state index < -0.39 is 12.0 Å². The molecule has 0 saturated heterocycles. The zero-order valence-corrected chi connectivity index (χ0v) is 6.32. The summed E-state index contributed by atoms with van der Waals surface area (Å²) in [5, 5.41) is 11.5. The van der Waals surface area contributed by atoms with Crippen molar-refractivity contribution in [2.24, 2.45) is 4.99 Å². The molecule has 0 spiro atoms. The van der Waals surface area contributed by atoms with E-state index in [9.17, 15) is 4.79 Å². The van der Waals surface area contributed by atoms with Gasteiger partial charge in [-0.15, -0.1) is 0 Å². The topological polar surface area (TPSA) is 61.7 Å². The average molecular weight is 164 g/mol. The van der Waals surface area contributed by atoms with Crippen LogP contribution in [0.5, 0.6) is 0 Å². The molecule has 4 nitrogen and oxygen atoms in total.